The zero-order chi connectivity index (χ0) is 25.2. The number of aromatic amines is 1. The second-order valence-electron chi connectivity index (χ2n) is 7.13. The summed E-state index contributed by atoms with van der Waals surface area (Å²) in [5.41, 5.74) is 1.24. The number of pyridine rings is 2. The number of rotatable bonds is 6. The van der Waals surface area contributed by atoms with E-state index in [0.29, 0.717) is 40.9 Å². The molecule has 2 amide bonds. The van der Waals surface area contributed by atoms with Crippen LogP contribution in [0.5, 0.6) is 0 Å². The molecule has 0 aliphatic heterocycles. The van der Waals surface area contributed by atoms with Gasteiger partial charge >= 0.3 is 18.0 Å². The molecular weight excluding hydrogens is 487 g/mol. The number of carbonyl (C=O) groups is 1. The van der Waals surface area contributed by atoms with Gasteiger partial charge in [0.1, 0.15) is 10.8 Å². The highest BCUT2D eigenvalue weighted by molar-refractivity contribution is 7.13. The fourth-order valence-electron chi connectivity index (χ4n) is 3.24. The van der Waals surface area contributed by atoms with Gasteiger partial charge in [-0.25, -0.2) is 24.7 Å². The van der Waals surface area contributed by atoms with Gasteiger partial charge in [-0.2, -0.15) is 13.2 Å². The van der Waals surface area contributed by atoms with Crippen LogP contribution < -0.4 is 16.4 Å². The van der Waals surface area contributed by atoms with Gasteiger partial charge in [0.15, 0.2) is 5.69 Å². The molecule has 0 aromatic carbocycles. The van der Waals surface area contributed by atoms with Gasteiger partial charge in [-0.15, -0.1) is 16.4 Å². The second kappa shape index (κ2) is 9.66. The van der Waals surface area contributed by atoms with Crippen LogP contribution in [-0.4, -0.2) is 37.7 Å². The molecule has 0 atom stereocenters. The first kappa shape index (κ1) is 24.1. The summed E-state index contributed by atoms with van der Waals surface area (Å²) in [4.78, 5) is 35.8. The zero-order valence-corrected chi connectivity index (χ0v) is 19.2. The predicted molar refractivity (Wildman–Crippen MR) is 122 cm³/mol. The first-order valence-corrected chi connectivity index (χ1v) is 11.2. The van der Waals surface area contributed by atoms with Gasteiger partial charge in [0.05, 0.1) is 5.56 Å². The van der Waals surface area contributed by atoms with Crippen molar-refractivity contribution in [2.45, 2.75) is 26.4 Å². The number of nitrogens with one attached hydrogen (secondary N) is 3. The van der Waals surface area contributed by atoms with Crippen LogP contribution in [0.15, 0.2) is 39.1 Å². The summed E-state index contributed by atoms with van der Waals surface area (Å²) in [5, 5.41) is 12.1. The number of amides is 2. The van der Waals surface area contributed by atoms with Crippen molar-refractivity contribution in [2.75, 3.05) is 11.9 Å². The Morgan fingerprint density at radius 1 is 1.14 bits per heavy atom. The van der Waals surface area contributed by atoms with Crippen LogP contribution in [0, 0.1) is 0 Å². The lowest BCUT2D eigenvalue weighted by Gasteiger charge is -2.14. The van der Waals surface area contributed by atoms with Crippen molar-refractivity contribution in [3.63, 3.8) is 0 Å². The molecule has 182 valence electrons. The minimum absolute atomic E-state index is 0.00374. The van der Waals surface area contributed by atoms with Crippen LogP contribution in [0.2, 0.25) is 0 Å². The van der Waals surface area contributed by atoms with E-state index in [9.17, 15) is 22.8 Å². The summed E-state index contributed by atoms with van der Waals surface area (Å²) >= 11 is 0.809. The van der Waals surface area contributed by atoms with Crippen molar-refractivity contribution >= 4 is 23.2 Å². The molecule has 0 radical (unpaired) electrons. The highest BCUT2D eigenvalue weighted by Gasteiger charge is 2.34. The number of nitrogens with zero attached hydrogens (tertiary/aromatic N) is 4. The summed E-state index contributed by atoms with van der Waals surface area (Å²) in [5.74, 6) is -0.616. The molecular formula is C21H18F3N7O3S. The Morgan fingerprint density at radius 2 is 1.94 bits per heavy atom. The molecule has 4 heterocycles. The summed E-state index contributed by atoms with van der Waals surface area (Å²) in [7, 11) is 0. The van der Waals surface area contributed by atoms with E-state index in [0.717, 1.165) is 16.7 Å². The third-order valence-electron chi connectivity index (χ3n) is 4.79. The molecule has 4 aromatic heterocycles. The molecule has 0 spiro atoms. The normalized spacial score (nSPS) is 11.5. The van der Waals surface area contributed by atoms with Crippen molar-refractivity contribution in [3.05, 3.63) is 51.8 Å². The minimum Gasteiger partial charge on any atom is -0.388 e. The molecule has 35 heavy (non-hydrogen) atoms. The Hall–Kier alpha value is -4.07. The predicted octanol–water partition coefficient (Wildman–Crippen LogP) is 4.33. The average Bonchev–Trinajstić information content (AvgIpc) is 3.48. The van der Waals surface area contributed by atoms with Crippen molar-refractivity contribution in [1.29, 1.82) is 0 Å². The van der Waals surface area contributed by atoms with E-state index in [4.69, 9.17) is 4.42 Å². The number of urea groups is 1. The highest BCUT2D eigenvalue weighted by atomic mass is 32.1. The standard InChI is InChI=1S/C21H18F3N7O3S/c1-3-14-11(5-10(7-26-14)17-30-31-20(33)34-17)13-8-27-16(29-19(32)25-4-2)6-12(13)18-28-15(9-35-18)21(22,23)24/h5-9H,3-4H2,1-2H3,(H,31,33)(H2,25,27,29,32). The lowest BCUT2D eigenvalue weighted by atomic mass is 9.98. The number of hydrogen-bond donors (Lipinski definition) is 3. The fourth-order valence-corrected chi connectivity index (χ4v) is 4.10. The third kappa shape index (κ3) is 5.21. The molecule has 10 nitrogen and oxygen atoms in total. The first-order chi connectivity index (χ1) is 16.7. The summed E-state index contributed by atoms with van der Waals surface area (Å²) in [6.45, 7) is 3.98. The molecule has 3 N–H and O–H groups in total. The number of halogens is 3. The van der Waals surface area contributed by atoms with Crippen LogP contribution in [0.4, 0.5) is 23.8 Å². The van der Waals surface area contributed by atoms with E-state index in [1.54, 1.807) is 13.0 Å². The van der Waals surface area contributed by atoms with Crippen molar-refractivity contribution in [1.82, 2.24) is 30.5 Å². The number of thiazole rings is 1. The van der Waals surface area contributed by atoms with Crippen LogP contribution in [0.25, 0.3) is 33.2 Å². The van der Waals surface area contributed by atoms with E-state index in [1.165, 1.54) is 18.5 Å². The van der Waals surface area contributed by atoms with E-state index in [1.807, 2.05) is 6.92 Å². The van der Waals surface area contributed by atoms with Crippen LogP contribution in [-0.2, 0) is 12.6 Å². The summed E-state index contributed by atoms with van der Waals surface area (Å²) < 4.78 is 44.8. The quantitative estimate of drug-likeness (QED) is 0.354. The van der Waals surface area contributed by atoms with E-state index >= 15 is 0 Å². The summed E-state index contributed by atoms with van der Waals surface area (Å²) in [6.07, 6.45) is -1.22. The molecule has 14 heteroatoms. The van der Waals surface area contributed by atoms with Gasteiger partial charge in [0.25, 0.3) is 5.89 Å². The lowest BCUT2D eigenvalue weighted by molar-refractivity contribution is -0.140. The largest absolute Gasteiger partial charge is 0.434 e. The van der Waals surface area contributed by atoms with Gasteiger partial charge in [-0.05, 0) is 25.5 Å². The number of aromatic nitrogens is 5. The lowest BCUT2D eigenvalue weighted by Crippen LogP contribution is -2.28. The smallest absolute Gasteiger partial charge is 0.388 e. The van der Waals surface area contributed by atoms with E-state index in [-0.39, 0.29) is 16.7 Å². The first-order valence-electron chi connectivity index (χ1n) is 10.3. The Bertz CT molecular complexity index is 1430. The molecule has 4 aromatic rings. The topological polar surface area (TPSA) is 139 Å². The van der Waals surface area contributed by atoms with Gasteiger partial charge in [-0.3, -0.25) is 10.3 Å². The van der Waals surface area contributed by atoms with Crippen molar-refractivity contribution < 1.29 is 22.4 Å². The molecule has 0 unspecified atom stereocenters. The molecule has 0 aliphatic carbocycles. The van der Waals surface area contributed by atoms with Crippen molar-refractivity contribution in [3.8, 4) is 33.2 Å². The number of H-pyrrole nitrogens is 1. The SMILES string of the molecule is CCNC(=O)Nc1cc(-c2nc(C(F)(F)F)cs2)c(-c2cc(-c3n[nH]c(=O)o3)cnc2CC)cn1. The second-order valence-corrected chi connectivity index (χ2v) is 7.98. The van der Waals surface area contributed by atoms with Crippen molar-refractivity contribution in [2.24, 2.45) is 0 Å². The van der Waals surface area contributed by atoms with Crippen LogP contribution in [0.1, 0.15) is 25.2 Å². The number of alkyl halides is 3. The summed E-state index contributed by atoms with van der Waals surface area (Å²) in [6, 6.07) is 2.59. The number of anilines is 1. The third-order valence-corrected chi connectivity index (χ3v) is 5.66. The molecule has 0 fully saturated rings. The maximum atomic E-state index is 13.2. The zero-order valence-electron chi connectivity index (χ0n) is 18.4. The Balaban J connectivity index is 1.89. The molecule has 0 bridgehead atoms. The molecule has 0 saturated heterocycles. The maximum Gasteiger partial charge on any atom is 0.434 e. The minimum atomic E-state index is -4.61. The van der Waals surface area contributed by atoms with Crippen LogP contribution >= 0.6 is 11.3 Å². The van der Waals surface area contributed by atoms with E-state index < -0.39 is 23.7 Å². The molecule has 0 aliphatic rings. The fraction of sp³-hybridized carbons (Fsp3) is 0.238. The van der Waals surface area contributed by atoms with Gasteiger partial charge < -0.3 is 9.73 Å². The van der Waals surface area contributed by atoms with Crippen LogP contribution in [0.3, 0.4) is 0 Å². The average molecular weight is 505 g/mol. The molecule has 0 saturated carbocycles. The maximum absolute atomic E-state index is 13.2. The van der Waals surface area contributed by atoms with E-state index in [2.05, 4.69) is 35.8 Å². The van der Waals surface area contributed by atoms with Gasteiger partial charge in [0, 0.05) is 46.7 Å². The number of carbonyl (C=O) groups excluding carboxylic acids is 1. The Morgan fingerprint density at radius 3 is 2.57 bits per heavy atom. The highest BCUT2D eigenvalue weighted by Crippen LogP contribution is 2.39. The van der Waals surface area contributed by atoms with Gasteiger partial charge in [-0.1, -0.05) is 6.92 Å². The Labute approximate surface area is 199 Å². The number of hydrogen-bond acceptors (Lipinski definition) is 8. The Kier molecular flexibility index (Phi) is 6.64. The number of aryl methyl sites for hydroxylation is 1. The molecule has 4 rings (SSSR count). The van der Waals surface area contributed by atoms with Gasteiger partial charge in [0.2, 0.25) is 0 Å². The monoisotopic (exact) mass is 505 g/mol.